The number of carboxylic acids is 1. The third-order valence-corrected chi connectivity index (χ3v) is 6.03. The number of carbonyl (C=O) groups excluding carboxylic acids is 1. The Kier molecular flexibility index (Phi) is 6.15. The second-order valence-electron chi connectivity index (χ2n) is 6.28. The monoisotopic (exact) mass is 375 g/mol. The molecule has 7 heteroatoms. The molecule has 2 rings (SSSR count). The third kappa shape index (κ3) is 5.42. The zero-order chi connectivity index (χ0) is 19.3. The summed E-state index contributed by atoms with van der Waals surface area (Å²) in [4.78, 5) is 23.0. The molecule has 0 fully saturated rings. The summed E-state index contributed by atoms with van der Waals surface area (Å²) in [6.07, 6.45) is 0.0917. The van der Waals surface area contributed by atoms with Gasteiger partial charge in [-0.2, -0.15) is 0 Å². The number of carboxylic acid groups (broad SMARTS) is 1. The Morgan fingerprint density at radius 3 is 2.27 bits per heavy atom. The fraction of sp³-hybridized carbons (Fsp3) is 0.263. The van der Waals surface area contributed by atoms with Gasteiger partial charge in [0, 0.05) is 5.69 Å². The lowest BCUT2D eigenvalue weighted by atomic mass is 10.1. The van der Waals surface area contributed by atoms with Gasteiger partial charge in [0.25, 0.3) is 0 Å². The van der Waals surface area contributed by atoms with Crippen molar-refractivity contribution in [2.45, 2.75) is 31.3 Å². The first-order chi connectivity index (χ1) is 12.2. The van der Waals surface area contributed by atoms with Crippen LogP contribution >= 0.6 is 0 Å². The number of carbonyl (C=O) groups is 2. The zero-order valence-corrected chi connectivity index (χ0v) is 15.4. The standard InChI is InChI=1S/C19H21NO5S/c1-13(2)26(24,25)12-15-4-3-5-17(10-15)20-18(21)11-14-6-8-16(9-7-14)19(22)23/h3-10,13H,11-12H2,1-2H3,(H,20,21)(H,22,23). The largest absolute Gasteiger partial charge is 0.478 e. The van der Waals surface area contributed by atoms with Crippen molar-refractivity contribution in [1.29, 1.82) is 0 Å². The number of aromatic carboxylic acids is 1. The van der Waals surface area contributed by atoms with E-state index in [9.17, 15) is 18.0 Å². The second-order valence-corrected chi connectivity index (χ2v) is 8.84. The van der Waals surface area contributed by atoms with E-state index in [1.54, 1.807) is 50.2 Å². The van der Waals surface area contributed by atoms with Crippen molar-refractivity contribution >= 4 is 27.4 Å². The summed E-state index contributed by atoms with van der Waals surface area (Å²) < 4.78 is 24.0. The molecule has 0 unspecified atom stereocenters. The average molecular weight is 375 g/mol. The summed E-state index contributed by atoms with van der Waals surface area (Å²) in [5, 5.41) is 11.1. The van der Waals surface area contributed by atoms with Crippen LogP contribution < -0.4 is 5.32 Å². The molecule has 26 heavy (non-hydrogen) atoms. The highest BCUT2D eigenvalue weighted by Gasteiger charge is 2.17. The fourth-order valence-electron chi connectivity index (χ4n) is 2.29. The van der Waals surface area contributed by atoms with E-state index >= 15 is 0 Å². The van der Waals surface area contributed by atoms with E-state index in [-0.39, 0.29) is 23.6 Å². The van der Waals surface area contributed by atoms with Crippen LogP contribution in [0, 0.1) is 0 Å². The van der Waals surface area contributed by atoms with Crippen LogP contribution in [0.4, 0.5) is 5.69 Å². The normalized spacial score (nSPS) is 11.3. The Morgan fingerprint density at radius 2 is 1.69 bits per heavy atom. The van der Waals surface area contributed by atoms with Gasteiger partial charge in [-0.25, -0.2) is 13.2 Å². The van der Waals surface area contributed by atoms with Crippen LogP contribution in [0.1, 0.15) is 35.3 Å². The van der Waals surface area contributed by atoms with E-state index in [0.717, 1.165) is 0 Å². The van der Waals surface area contributed by atoms with Crippen LogP contribution in [0.15, 0.2) is 48.5 Å². The molecule has 0 spiro atoms. The fourth-order valence-corrected chi connectivity index (χ4v) is 3.27. The predicted octanol–water partition coefficient (Wildman–Crippen LogP) is 2.89. The van der Waals surface area contributed by atoms with Crippen LogP contribution in [0.3, 0.4) is 0 Å². The molecule has 1 amide bonds. The van der Waals surface area contributed by atoms with Gasteiger partial charge in [0.05, 0.1) is 23.0 Å². The number of nitrogens with one attached hydrogen (secondary N) is 1. The van der Waals surface area contributed by atoms with Crippen LogP contribution in [-0.4, -0.2) is 30.7 Å². The summed E-state index contributed by atoms with van der Waals surface area (Å²) in [6, 6.07) is 12.8. The molecule has 6 nitrogen and oxygen atoms in total. The molecule has 0 heterocycles. The van der Waals surface area contributed by atoms with Crippen LogP contribution in [0.2, 0.25) is 0 Å². The Labute approximate surface area is 152 Å². The Morgan fingerprint density at radius 1 is 1.04 bits per heavy atom. The first kappa shape index (κ1) is 19.7. The minimum absolute atomic E-state index is 0.0783. The van der Waals surface area contributed by atoms with Crippen LogP contribution in [0.25, 0.3) is 0 Å². The van der Waals surface area contributed by atoms with E-state index in [1.165, 1.54) is 12.1 Å². The molecular weight excluding hydrogens is 354 g/mol. The van der Waals surface area contributed by atoms with Crippen molar-refractivity contribution in [3.63, 3.8) is 0 Å². The van der Waals surface area contributed by atoms with Crippen LogP contribution in [-0.2, 0) is 26.8 Å². The van der Waals surface area contributed by atoms with Gasteiger partial charge in [0.2, 0.25) is 5.91 Å². The molecule has 0 saturated carbocycles. The highest BCUT2D eigenvalue weighted by Crippen LogP contribution is 2.16. The minimum atomic E-state index is -3.22. The van der Waals surface area contributed by atoms with Crippen LogP contribution in [0.5, 0.6) is 0 Å². The lowest BCUT2D eigenvalue weighted by Gasteiger charge is -2.10. The summed E-state index contributed by atoms with van der Waals surface area (Å²) in [7, 11) is -3.22. The predicted molar refractivity (Wildman–Crippen MR) is 99.9 cm³/mol. The number of benzene rings is 2. The van der Waals surface area contributed by atoms with Gasteiger partial charge >= 0.3 is 5.97 Å². The summed E-state index contributed by atoms with van der Waals surface area (Å²) >= 11 is 0. The van der Waals surface area contributed by atoms with Crippen molar-refractivity contribution in [3.05, 3.63) is 65.2 Å². The van der Waals surface area contributed by atoms with Gasteiger partial charge < -0.3 is 10.4 Å². The molecule has 2 aromatic carbocycles. The molecule has 0 aliphatic heterocycles. The molecule has 2 N–H and O–H groups in total. The van der Waals surface area contributed by atoms with E-state index in [4.69, 9.17) is 5.11 Å². The molecule has 0 aromatic heterocycles. The zero-order valence-electron chi connectivity index (χ0n) is 14.6. The molecule has 2 aromatic rings. The maximum absolute atomic E-state index is 12.2. The topological polar surface area (TPSA) is 101 Å². The maximum atomic E-state index is 12.2. The van der Waals surface area contributed by atoms with Crippen molar-refractivity contribution in [3.8, 4) is 0 Å². The Hall–Kier alpha value is -2.67. The molecular formula is C19H21NO5S. The molecule has 0 atom stereocenters. The van der Waals surface area contributed by atoms with Gasteiger partial charge in [-0.3, -0.25) is 4.79 Å². The number of amides is 1. The number of sulfone groups is 1. The van der Waals surface area contributed by atoms with Gasteiger partial charge in [0.1, 0.15) is 0 Å². The third-order valence-electron chi connectivity index (χ3n) is 3.86. The molecule has 0 bridgehead atoms. The van der Waals surface area contributed by atoms with E-state index in [2.05, 4.69) is 5.32 Å². The van der Waals surface area contributed by atoms with Crippen molar-refractivity contribution in [1.82, 2.24) is 0 Å². The number of rotatable bonds is 7. The first-order valence-corrected chi connectivity index (χ1v) is 9.81. The molecule has 0 aliphatic carbocycles. The highest BCUT2D eigenvalue weighted by molar-refractivity contribution is 7.91. The number of hydrogen-bond acceptors (Lipinski definition) is 4. The molecule has 0 aliphatic rings. The average Bonchev–Trinajstić information content (AvgIpc) is 2.55. The van der Waals surface area contributed by atoms with Gasteiger partial charge in [-0.15, -0.1) is 0 Å². The minimum Gasteiger partial charge on any atom is -0.478 e. The summed E-state index contributed by atoms with van der Waals surface area (Å²) in [6.45, 7) is 3.27. The summed E-state index contributed by atoms with van der Waals surface area (Å²) in [5.74, 6) is -1.36. The summed E-state index contributed by atoms with van der Waals surface area (Å²) in [5.41, 5.74) is 1.98. The lowest BCUT2D eigenvalue weighted by Crippen LogP contribution is -2.17. The second kappa shape index (κ2) is 8.14. The van der Waals surface area contributed by atoms with Crippen molar-refractivity contribution in [2.24, 2.45) is 0 Å². The Bertz CT molecular complexity index is 902. The van der Waals surface area contributed by atoms with Crippen molar-refractivity contribution in [2.75, 3.05) is 5.32 Å². The Balaban J connectivity index is 2.03. The smallest absolute Gasteiger partial charge is 0.335 e. The highest BCUT2D eigenvalue weighted by atomic mass is 32.2. The van der Waals surface area contributed by atoms with E-state index in [1.807, 2.05) is 0 Å². The van der Waals surface area contributed by atoms with Gasteiger partial charge in [0.15, 0.2) is 9.84 Å². The number of hydrogen-bond donors (Lipinski definition) is 2. The van der Waals surface area contributed by atoms with E-state index < -0.39 is 21.1 Å². The lowest BCUT2D eigenvalue weighted by molar-refractivity contribution is -0.115. The molecule has 0 radical (unpaired) electrons. The SMILES string of the molecule is CC(C)S(=O)(=O)Cc1cccc(NC(=O)Cc2ccc(C(=O)O)cc2)c1. The number of anilines is 1. The molecule has 0 saturated heterocycles. The molecule has 138 valence electrons. The quantitative estimate of drug-likeness (QED) is 0.775. The first-order valence-electron chi connectivity index (χ1n) is 8.10. The van der Waals surface area contributed by atoms with E-state index in [0.29, 0.717) is 16.8 Å². The van der Waals surface area contributed by atoms with Gasteiger partial charge in [-0.05, 0) is 49.2 Å². The maximum Gasteiger partial charge on any atom is 0.335 e. The van der Waals surface area contributed by atoms with Crippen molar-refractivity contribution < 1.29 is 23.1 Å². The van der Waals surface area contributed by atoms with Gasteiger partial charge in [-0.1, -0.05) is 24.3 Å².